The Hall–Kier alpha value is -3.46. The fourth-order valence-electron chi connectivity index (χ4n) is 3.81. The standard InChI is InChI=1S/C18H19N7O10S3/c1-33-18(19-13(26)11(22-34-2)9-4-3-5-35-9)15(29)25-12(14(27)28)8(6-36-16(18)25)10(7-38(30,31)32)37-17-20-23-24-21-17/h3-5,10,16H,6-7H2,1-2H3,(H,19,26)(H,27,28)(H,30,31,32)(H,20,21,23,24)/t10?,16-,18-/m0/s1. The van der Waals surface area contributed by atoms with E-state index in [1.54, 1.807) is 0 Å². The van der Waals surface area contributed by atoms with Crippen molar-refractivity contribution in [3.05, 3.63) is 35.4 Å². The van der Waals surface area contributed by atoms with Crippen molar-refractivity contribution in [1.82, 2.24) is 30.8 Å². The monoisotopic (exact) mass is 589 g/mol. The molecule has 0 radical (unpaired) electrons. The third-order valence-corrected chi connectivity index (χ3v) is 8.78. The van der Waals surface area contributed by atoms with Crippen LogP contribution in [-0.4, -0.2) is 109 Å². The molecule has 2 aliphatic rings. The number of hydrogen-bond donors (Lipinski definition) is 4. The smallest absolute Gasteiger partial charge is 0.352 e. The van der Waals surface area contributed by atoms with Crippen LogP contribution >= 0.6 is 23.5 Å². The van der Waals surface area contributed by atoms with Gasteiger partial charge in [-0.3, -0.25) is 19.0 Å². The molecule has 3 atom stereocenters. The highest BCUT2D eigenvalue weighted by Crippen LogP contribution is 2.48. The number of aromatic amines is 1. The molecule has 0 spiro atoms. The highest BCUT2D eigenvalue weighted by atomic mass is 32.2. The summed E-state index contributed by atoms with van der Waals surface area (Å²) >= 11 is 1.74. The Labute approximate surface area is 222 Å². The number of β-lactam (4-membered cyclic amide) rings is 1. The van der Waals surface area contributed by atoms with E-state index in [0.29, 0.717) is 0 Å². The molecule has 0 aliphatic carbocycles. The molecule has 4 N–H and O–H groups in total. The summed E-state index contributed by atoms with van der Waals surface area (Å²) in [7, 11) is -2.23. The number of ether oxygens (including phenoxy) is 1. The minimum Gasteiger partial charge on any atom is -0.477 e. The average Bonchev–Trinajstić information content (AvgIpc) is 3.58. The molecule has 2 amide bonds. The number of rotatable bonds is 11. The SMILES string of the molecule is CON=C(C(=O)N[C@]1(OC)C(=O)N2C(C(=O)O)=C(C(CS(=O)(=O)O)Sc3nn[nH]n3)CS[C@H]21)c1ccco1. The molecule has 17 nitrogen and oxygen atoms in total. The Balaban J connectivity index is 1.68. The van der Waals surface area contributed by atoms with Gasteiger partial charge in [-0.15, -0.1) is 22.0 Å². The predicted octanol–water partition coefficient (Wildman–Crippen LogP) is -1.10. The Morgan fingerprint density at radius 2 is 2.24 bits per heavy atom. The van der Waals surface area contributed by atoms with E-state index in [9.17, 15) is 32.5 Å². The number of methoxy groups -OCH3 is 1. The van der Waals surface area contributed by atoms with Gasteiger partial charge in [0.05, 0.1) is 17.3 Å². The summed E-state index contributed by atoms with van der Waals surface area (Å²) in [6, 6.07) is 2.95. The Morgan fingerprint density at radius 1 is 1.47 bits per heavy atom. The molecule has 204 valence electrons. The first-order valence-corrected chi connectivity index (χ1v) is 13.9. The van der Waals surface area contributed by atoms with Crippen molar-refractivity contribution in [1.29, 1.82) is 0 Å². The number of hydrogen-bond acceptors (Lipinski definition) is 14. The van der Waals surface area contributed by atoms with Crippen LogP contribution in [0.15, 0.2) is 44.4 Å². The third-order valence-electron chi connectivity index (χ3n) is 5.36. The lowest BCUT2D eigenvalue weighted by atomic mass is 9.97. The van der Waals surface area contributed by atoms with E-state index in [1.807, 2.05) is 0 Å². The van der Waals surface area contributed by atoms with Crippen LogP contribution in [-0.2, 0) is 34.1 Å². The number of thioether (sulfide) groups is 2. The van der Waals surface area contributed by atoms with E-state index in [-0.39, 0.29) is 28.0 Å². The fourth-order valence-corrected chi connectivity index (χ4v) is 7.57. The van der Waals surface area contributed by atoms with Gasteiger partial charge in [0.2, 0.25) is 10.9 Å². The van der Waals surface area contributed by atoms with Crippen molar-refractivity contribution in [2.45, 2.75) is 21.5 Å². The maximum atomic E-state index is 13.4. The van der Waals surface area contributed by atoms with Gasteiger partial charge in [0.1, 0.15) is 18.2 Å². The molecule has 1 saturated heterocycles. The number of nitrogens with one attached hydrogen (secondary N) is 2. The minimum absolute atomic E-state index is 0.00720. The summed E-state index contributed by atoms with van der Waals surface area (Å²) in [5, 5.41) is 26.8. The van der Waals surface area contributed by atoms with Gasteiger partial charge in [0, 0.05) is 12.9 Å². The van der Waals surface area contributed by atoms with E-state index in [2.05, 4.69) is 31.1 Å². The van der Waals surface area contributed by atoms with Crippen molar-refractivity contribution < 1.29 is 46.5 Å². The molecule has 4 heterocycles. The average molecular weight is 590 g/mol. The van der Waals surface area contributed by atoms with Gasteiger partial charge in [-0.1, -0.05) is 16.9 Å². The van der Waals surface area contributed by atoms with Crippen LogP contribution in [0.3, 0.4) is 0 Å². The number of tetrazole rings is 1. The van der Waals surface area contributed by atoms with Gasteiger partial charge in [-0.25, -0.2) is 4.79 Å². The van der Waals surface area contributed by atoms with Gasteiger partial charge in [-0.2, -0.15) is 13.6 Å². The number of carboxylic acids is 1. The van der Waals surface area contributed by atoms with Crippen LogP contribution in [0.4, 0.5) is 0 Å². The summed E-state index contributed by atoms with van der Waals surface area (Å²) in [4.78, 5) is 44.4. The number of carboxylic acid groups (broad SMARTS) is 1. The number of aliphatic carboxylic acids is 1. The highest BCUT2D eigenvalue weighted by Gasteiger charge is 2.67. The molecule has 1 fully saturated rings. The summed E-state index contributed by atoms with van der Waals surface area (Å²) in [5.41, 5.74) is -2.82. The lowest BCUT2D eigenvalue weighted by Gasteiger charge is -2.56. The number of carbonyl (C=O) groups is 3. The summed E-state index contributed by atoms with van der Waals surface area (Å²) in [5.74, 6) is -4.35. The molecule has 2 aromatic rings. The van der Waals surface area contributed by atoms with Crippen LogP contribution in [0, 0.1) is 0 Å². The highest BCUT2D eigenvalue weighted by molar-refractivity contribution is 8.01. The number of amides is 2. The molecule has 20 heteroatoms. The molecule has 0 aromatic carbocycles. The largest absolute Gasteiger partial charge is 0.477 e. The van der Waals surface area contributed by atoms with E-state index < -0.39 is 55.7 Å². The zero-order valence-electron chi connectivity index (χ0n) is 19.4. The van der Waals surface area contributed by atoms with Crippen molar-refractivity contribution in [2.75, 3.05) is 25.7 Å². The summed E-state index contributed by atoms with van der Waals surface area (Å²) in [6.07, 6.45) is 1.30. The fraction of sp³-hybridized carbons (Fsp3) is 0.389. The van der Waals surface area contributed by atoms with Crippen LogP contribution in [0.25, 0.3) is 0 Å². The quantitative estimate of drug-likeness (QED) is 0.0607. The van der Waals surface area contributed by atoms with E-state index >= 15 is 0 Å². The molecule has 38 heavy (non-hydrogen) atoms. The second-order valence-corrected chi connectivity index (χ2v) is 11.3. The van der Waals surface area contributed by atoms with E-state index in [1.165, 1.54) is 25.5 Å². The molecule has 0 saturated carbocycles. The Bertz CT molecular complexity index is 1390. The topological polar surface area (TPSA) is 240 Å². The van der Waals surface area contributed by atoms with Crippen LogP contribution in [0.1, 0.15) is 5.76 Å². The number of nitrogens with zero attached hydrogens (tertiary/aromatic N) is 5. The molecular formula is C18H19N7O10S3. The lowest BCUT2D eigenvalue weighted by Crippen LogP contribution is -2.81. The van der Waals surface area contributed by atoms with Crippen LogP contribution in [0.5, 0.6) is 0 Å². The number of furan rings is 1. The molecule has 2 aliphatic heterocycles. The van der Waals surface area contributed by atoms with Crippen molar-refractivity contribution in [3.8, 4) is 0 Å². The van der Waals surface area contributed by atoms with Crippen LogP contribution in [0.2, 0.25) is 0 Å². The molecular weight excluding hydrogens is 570 g/mol. The molecule has 4 rings (SSSR count). The van der Waals surface area contributed by atoms with Gasteiger partial charge in [0.15, 0.2) is 5.76 Å². The predicted molar refractivity (Wildman–Crippen MR) is 128 cm³/mol. The Kier molecular flexibility index (Phi) is 7.78. The van der Waals surface area contributed by atoms with Gasteiger partial charge >= 0.3 is 5.97 Å². The van der Waals surface area contributed by atoms with Gasteiger partial charge in [-0.05, 0) is 22.9 Å². The van der Waals surface area contributed by atoms with Gasteiger partial charge in [0.25, 0.3) is 27.7 Å². The van der Waals surface area contributed by atoms with E-state index in [4.69, 9.17) is 14.0 Å². The maximum absolute atomic E-state index is 13.4. The molecule has 2 aromatic heterocycles. The normalized spacial score (nSPS) is 22.5. The maximum Gasteiger partial charge on any atom is 0.352 e. The number of carbonyl (C=O) groups excluding carboxylic acids is 2. The van der Waals surface area contributed by atoms with Crippen molar-refractivity contribution in [3.63, 3.8) is 0 Å². The number of aromatic nitrogens is 4. The summed E-state index contributed by atoms with van der Waals surface area (Å²) < 4.78 is 43.5. The second-order valence-electron chi connectivity index (χ2n) is 7.56. The second kappa shape index (κ2) is 10.7. The molecule has 1 unspecified atom stereocenters. The Morgan fingerprint density at radius 3 is 2.79 bits per heavy atom. The first kappa shape index (κ1) is 27.6. The lowest BCUT2D eigenvalue weighted by molar-refractivity contribution is -0.191. The third kappa shape index (κ3) is 5.12. The first-order valence-electron chi connectivity index (χ1n) is 10.3. The zero-order chi connectivity index (χ0) is 27.7. The van der Waals surface area contributed by atoms with Gasteiger partial charge < -0.3 is 24.4 Å². The zero-order valence-corrected chi connectivity index (χ0v) is 21.9. The summed E-state index contributed by atoms with van der Waals surface area (Å²) in [6.45, 7) is 0. The number of oxime groups is 1. The van der Waals surface area contributed by atoms with Crippen molar-refractivity contribution >= 4 is 57.1 Å². The van der Waals surface area contributed by atoms with Crippen LogP contribution < -0.4 is 5.32 Å². The molecule has 0 bridgehead atoms. The van der Waals surface area contributed by atoms with Crippen molar-refractivity contribution in [2.24, 2.45) is 5.16 Å². The number of fused-ring (bicyclic) bond motifs is 1. The first-order chi connectivity index (χ1) is 18.0. The van der Waals surface area contributed by atoms with E-state index in [0.717, 1.165) is 35.5 Å². The minimum atomic E-state index is -4.59. The number of H-pyrrole nitrogens is 1.